The lowest BCUT2D eigenvalue weighted by molar-refractivity contribution is -0.168. The number of aromatic nitrogens is 2. The molecule has 1 aromatic heterocycles. The molecule has 0 spiro atoms. The fourth-order valence-electron chi connectivity index (χ4n) is 2.98. The van der Waals surface area contributed by atoms with Gasteiger partial charge >= 0.3 is 12.2 Å². The molecular weight excluding hydrogens is 418 g/mol. The van der Waals surface area contributed by atoms with Gasteiger partial charge in [-0.3, -0.25) is 4.79 Å². The number of alkyl halides is 3. The molecule has 0 radical (unpaired) electrons. The topological polar surface area (TPSA) is 67.2 Å². The maximum absolute atomic E-state index is 13.3. The van der Waals surface area contributed by atoms with Crippen molar-refractivity contribution in [1.29, 1.82) is 0 Å². The second kappa shape index (κ2) is 8.00. The smallest absolute Gasteiger partial charge is 0.331 e. The molecule has 0 unspecified atom stereocenters. The number of urea groups is 1. The predicted octanol–water partition coefficient (Wildman–Crippen LogP) is 4.12. The first-order valence-electron chi connectivity index (χ1n) is 8.81. The quantitative estimate of drug-likeness (QED) is 0.447. The summed E-state index contributed by atoms with van der Waals surface area (Å²) in [6.07, 6.45) is -4.00. The van der Waals surface area contributed by atoms with Crippen molar-refractivity contribution < 1.29 is 35.9 Å². The number of amides is 2. The molecule has 0 fully saturated rings. The van der Waals surface area contributed by atoms with Crippen LogP contribution in [0.2, 0.25) is 0 Å². The number of benzene rings is 1. The summed E-state index contributed by atoms with van der Waals surface area (Å²) in [6.45, 7) is 1.10. The summed E-state index contributed by atoms with van der Waals surface area (Å²) in [6, 6.07) is 0.436. The summed E-state index contributed by atoms with van der Waals surface area (Å²) in [5.74, 6) is -7.29. The van der Waals surface area contributed by atoms with Crippen LogP contribution in [0.15, 0.2) is 18.5 Å². The van der Waals surface area contributed by atoms with Crippen LogP contribution in [0.3, 0.4) is 0 Å². The third-order valence-electron chi connectivity index (χ3n) is 4.73. The highest BCUT2D eigenvalue weighted by molar-refractivity contribution is 5.96. The molecule has 12 heteroatoms. The number of anilines is 1. The first-order valence-corrected chi connectivity index (χ1v) is 8.81. The van der Waals surface area contributed by atoms with E-state index in [1.807, 2.05) is 0 Å². The summed E-state index contributed by atoms with van der Waals surface area (Å²) in [7, 11) is 0. The van der Waals surface area contributed by atoms with Crippen LogP contribution in [0.5, 0.6) is 0 Å². The van der Waals surface area contributed by atoms with Crippen molar-refractivity contribution in [3.05, 3.63) is 47.3 Å². The molecule has 1 aliphatic heterocycles. The highest BCUT2D eigenvalue weighted by atomic mass is 19.4. The lowest BCUT2D eigenvalue weighted by Gasteiger charge is -2.29. The van der Waals surface area contributed by atoms with Crippen LogP contribution in [0.1, 0.15) is 29.5 Å². The predicted molar refractivity (Wildman–Crippen MR) is 92.1 cm³/mol. The average molecular weight is 434 g/mol. The number of imidazole rings is 1. The molecule has 1 atom stereocenters. The van der Waals surface area contributed by atoms with Crippen molar-refractivity contribution in [3.63, 3.8) is 0 Å². The highest BCUT2D eigenvalue weighted by Gasteiger charge is 2.38. The molecule has 0 bridgehead atoms. The van der Waals surface area contributed by atoms with E-state index in [4.69, 9.17) is 0 Å². The molecule has 6 nitrogen and oxygen atoms in total. The van der Waals surface area contributed by atoms with Crippen LogP contribution in [0.25, 0.3) is 0 Å². The number of carbonyl (C=O) groups is 2. The minimum atomic E-state index is -4.53. The molecule has 0 aliphatic carbocycles. The molecule has 1 aromatic carbocycles. The number of hydrogen-bond acceptors (Lipinski definition) is 3. The normalized spacial score (nSPS) is 15.0. The number of ketones is 1. The van der Waals surface area contributed by atoms with Gasteiger partial charge in [-0.05, 0) is 0 Å². The van der Waals surface area contributed by atoms with Crippen LogP contribution >= 0.6 is 0 Å². The number of fused-ring (bicyclic) bond motifs is 1. The highest BCUT2D eigenvalue weighted by Crippen LogP contribution is 2.30. The fourth-order valence-corrected chi connectivity index (χ4v) is 2.98. The van der Waals surface area contributed by atoms with Gasteiger partial charge in [0.25, 0.3) is 0 Å². The fraction of sp³-hybridized carbons (Fsp3) is 0.389. The number of nitrogens with zero attached hydrogens (tertiary/aromatic N) is 3. The lowest BCUT2D eigenvalue weighted by atomic mass is 10.0. The van der Waals surface area contributed by atoms with Gasteiger partial charge in [-0.25, -0.2) is 22.9 Å². The largest absolute Gasteiger partial charge is 0.391 e. The summed E-state index contributed by atoms with van der Waals surface area (Å²) in [5.41, 5.74) is -0.222. The van der Waals surface area contributed by atoms with E-state index >= 15 is 0 Å². The van der Waals surface area contributed by atoms with Crippen molar-refractivity contribution in [1.82, 2.24) is 14.5 Å². The minimum absolute atomic E-state index is 0.147. The molecule has 3 rings (SSSR count). The Morgan fingerprint density at radius 1 is 1.17 bits per heavy atom. The number of Topliss-reactive ketones (excluding diaryl/α,β-unsaturated/α-hetero) is 1. The maximum Gasteiger partial charge on any atom is 0.391 e. The van der Waals surface area contributed by atoms with Crippen molar-refractivity contribution >= 4 is 17.5 Å². The maximum atomic E-state index is 13.3. The third kappa shape index (κ3) is 4.41. The van der Waals surface area contributed by atoms with Gasteiger partial charge in [0, 0.05) is 37.3 Å². The van der Waals surface area contributed by atoms with E-state index in [0.29, 0.717) is 12.1 Å². The van der Waals surface area contributed by atoms with Crippen molar-refractivity contribution in [2.24, 2.45) is 5.92 Å². The zero-order valence-electron chi connectivity index (χ0n) is 15.6. The standard InChI is InChI=1S/C18H16F6N4O2/c1-9(18(22,23)24)4-14(29)16-13-7-27(2-3-28(13)8-25-16)17(30)26-10-5-11(19)15(21)12(20)6-10/h5-6,8-9H,2-4,7H2,1H3,(H,26,30)/t9-/m0/s1. The van der Waals surface area contributed by atoms with E-state index < -0.39 is 47.8 Å². The molecule has 30 heavy (non-hydrogen) atoms. The van der Waals surface area contributed by atoms with E-state index in [0.717, 1.165) is 6.92 Å². The number of hydrogen-bond donors (Lipinski definition) is 1. The van der Waals surface area contributed by atoms with Gasteiger partial charge < -0.3 is 14.8 Å². The van der Waals surface area contributed by atoms with Gasteiger partial charge in [0.2, 0.25) is 0 Å². The van der Waals surface area contributed by atoms with Crippen LogP contribution in [-0.4, -0.2) is 39.0 Å². The molecular formula is C18H16F6N4O2. The molecule has 1 N–H and O–H groups in total. The van der Waals surface area contributed by atoms with E-state index in [-0.39, 0.29) is 36.7 Å². The van der Waals surface area contributed by atoms with Crippen molar-refractivity contribution in [2.75, 3.05) is 11.9 Å². The van der Waals surface area contributed by atoms with E-state index in [9.17, 15) is 35.9 Å². The third-order valence-corrected chi connectivity index (χ3v) is 4.73. The molecule has 2 heterocycles. The van der Waals surface area contributed by atoms with Crippen molar-refractivity contribution in [3.8, 4) is 0 Å². The molecule has 0 saturated heterocycles. The Balaban J connectivity index is 1.73. The lowest BCUT2D eigenvalue weighted by Crippen LogP contribution is -2.41. The number of rotatable bonds is 4. The van der Waals surface area contributed by atoms with E-state index in [1.54, 1.807) is 4.57 Å². The SMILES string of the molecule is C[C@@H](CC(=O)c1ncn2c1CN(C(=O)Nc1cc(F)c(F)c(F)c1)CC2)C(F)(F)F. The minimum Gasteiger partial charge on any atom is -0.331 e. The first-order chi connectivity index (χ1) is 14.0. The molecule has 162 valence electrons. The molecule has 0 saturated carbocycles. The van der Waals surface area contributed by atoms with Gasteiger partial charge in [0.1, 0.15) is 5.69 Å². The van der Waals surface area contributed by atoms with Crippen LogP contribution in [0.4, 0.5) is 36.8 Å². The Hall–Kier alpha value is -3.05. The van der Waals surface area contributed by atoms with Gasteiger partial charge in [0.15, 0.2) is 23.2 Å². The van der Waals surface area contributed by atoms with Crippen LogP contribution < -0.4 is 5.32 Å². The average Bonchev–Trinajstić information content (AvgIpc) is 3.08. The monoisotopic (exact) mass is 434 g/mol. The summed E-state index contributed by atoms with van der Waals surface area (Å²) in [5, 5.41) is 2.22. The van der Waals surface area contributed by atoms with E-state index in [2.05, 4.69) is 10.3 Å². The summed E-state index contributed by atoms with van der Waals surface area (Å²) < 4.78 is 79.4. The Morgan fingerprint density at radius 2 is 1.80 bits per heavy atom. The second-order valence-electron chi connectivity index (χ2n) is 6.91. The van der Waals surface area contributed by atoms with Gasteiger partial charge in [-0.2, -0.15) is 13.2 Å². The second-order valence-corrected chi connectivity index (χ2v) is 6.91. The summed E-state index contributed by atoms with van der Waals surface area (Å²) in [4.78, 5) is 29.8. The number of halogens is 6. The van der Waals surface area contributed by atoms with Crippen LogP contribution in [0, 0.1) is 23.4 Å². The Labute approximate surface area is 166 Å². The van der Waals surface area contributed by atoms with Gasteiger partial charge in [-0.15, -0.1) is 0 Å². The summed E-state index contributed by atoms with van der Waals surface area (Å²) >= 11 is 0. The van der Waals surface area contributed by atoms with E-state index in [1.165, 1.54) is 11.2 Å². The zero-order chi connectivity index (χ0) is 22.2. The first kappa shape index (κ1) is 21.7. The molecule has 2 aromatic rings. The van der Waals surface area contributed by atoms with Crippen molar-refractivity contribution in [2.45, 2.75) is 32.6 Å². The Bertz CT molecular complexity index is 965. The molecule has 1 aliphatic rings. The number of carbonyl (C=O) groups excluding carboxylic acids is 2. The van der Waals surface area contributed by atoms with Crippen LogP contribution in [-0.2, 0) is 13.1 Å². The number of nitrogens with one attached hydrogen (secondary N) is 1. The zero-order valence-corrected chi connectivity index (χ0v) is 15.6. The molecule has 2 amide bonds. The Kier molecular flexibility index (Phi) is 5.77. The Morgan fingerprint density at radius 3 is 2.40 bits per heavy atom. The van der Waals surface area contributed by atoms with Gasteiger partial charge in [0.05, 0.1) is 24.5 Å². The van der Waals surface area contributed by atoms with Gasteiger partial charge in [-0.1, -0.05) is 6.92 Å².